The molecule has 0 saturated carbocycles. The number of rotatable bonds is 2. The number of aromatic nitrogens is 1. The highest BCUT2D eigenvalue weighted by atomic mass is 19.1. The molecule has 2 aromatic rings. The summed E-state index contributed by atoms with van der Waals surface area (Å²) in [4.78, 5) is 7.13. The van der Waals surface area contributed by atoms with E-state index in [0.717, 1.165) is 11.3 Å². The molecule has 2 fully saturated rings. The fraction of sp³-hybridized carbons (Fsp3) is 0.353. The van der Waals surface area contributed by atoms with Crippen LogP contribution in [0.2, 0.25) is 0 Å². The molecule has 0 aliphatic carbocycles. The molecule has 20 heavy (non-hydrogen) atoms. The number of piperidine rings is 1. The van der Waals surface area contributed by atoms with Crippen LogP contribution in [0.25, 0.3) is 11.3 Å². The Morgan fingerprint density at radius 2 is 1.75 bits per heavy atom. The van der Waals surface area contributed by atoms with Crippen molar-refractivity contribution in [1.29, 1.82) is 0 Å². The van der Waals surface area contributed by atoms with Gasteiger partial charge in [-0.15, -0.1) is 0 Å². The van der Waals surface area contributed by atoms with Gasteiger partial charge in [0.25, 0.3) is 0 Å². The largest absolute Gasteiger partial charge is 0.302 e. The van der Waals surface area contributed by atoms with Crippen LogP contribution in [0.3, 0.4) is 0 Å². The maximum Gasteiger partial charge on any atom is 0.123 e. The van der Waals surface area contributed by atoms with Crippen molar-refractivity contribution in [2.75, 3.05) is 19.6 Å². The van der Waals surface area contributed by atoms with Gasteiger partial charge in [-0.05, 0) is 61.8 Å². The molecule has 0 spiro atoms. The van der Waals surface area contributed by atoms with Crippen LogP contribution >= 0.6 is 0 Å². The first-order valence-electron chi connectivity index (χ1n) is 7.20. The average Bonchev–Trinajstić information content (AvgIpc) is 3.10. The summed E-state index contributed by atoms with van der Waals surface area (Å²) < 4.78 is 12.9. The standard InChI is InChI=1S/C17H17FN2/c18-15-4-1-13(2-5-15)16-6-3-14(11-19-16)17-7-9-20(12-17)10-8-17/h1-6,11H,7-10,12H2. The van der Waals surface area contributed by atoms with E-state index in [-0.39, 0.29) is 5.82 Å². The van der Waals surface area contributed by atoms with Crippen LogP contribution in [0.5, 0.6) is 0 Å². The van der Waals surface area contributed by atoms with Gasteiger partial charge < -0.3 is 4.90 Å². The summed E-state index contributed by atoms with van der Waals surface area (Å²) in [5.74, 6) is -0.207. The molecule has 4 rings (SSSR count). The van der Waals surface area contributed by atoms with E-state index in [0.29, 0.717) is 5.41 Å². The van der Waals surface area contributed by atoms with Gasteiger partial charge in [0.05, 0.1) is 5.69 Å². The Hall–Kier alpha value is -1.74. The lowest BCUT2D eigenvalue weighted by atomic mass is 9.78. The topological polar surface area (TPSA) is 16.1 Å². The van der Waals surface area contributed by atoms with E-state index < -0.39 is 0 Å². The molecule has 1 aromatic carbocycles. The quantitative estimate of drug-likeness (QED) is 0.831. The van der Waals surface area contributed by atoms with Crippen molar-refractivity contribution in [2.45, 2.75) is 18.3 Å². The smallest absolute Gasteiger partial charge is 0.123 e. The minimum absolute atomic E-state index is 0.207. The number of halogens is 1. The molecule has 0 N–H and O–H groups in total. The lowest BCUT2D eigenvalue weighted by Crippen LogP contribution is -2.24. The second kappa shape index (κ2) is 4.38. The van der Waals surface area contributed by atoms with Crippen molar-refractivity contribution in [3.05, 3.63) is 54.0 Å². The van der Waals surface area contributed by atoms with E-state index in [4.69, 9.17) is 0 Å². The van der Waals surface area contributed by atoms with Gasteiger partial charge in [0.1, 0.15) is 5.82 Å². The zero-order valence-electron chi connectivity index (χ0n) is 11.3. The van der Waals surface area contributed by atoms with Crippen LogP contribution in [-0.2, 0) is 5.41 Å². The minimum atomic E-state index is -0.207. The van der Waals surface area contributed by atoms with Gasteiger partial charge in [0.2, 0.25) is 0 Å². The van der Waals surface area contributed by atoms with Crippen molar-refractivity contribution in [3.8, 4) is 11.3 Å². The molecule has 102 valence electrons. The first kappa shape index (κ1) is 12.0. The summed E-state index contributed by atoms with van der Waals surface area (Å²) in [5.41, 5.74) is 3.59. The van der Waals surface area contributed by atoms with Crippen LogP contribution in [0.15, 0.2) is 42.6 Å². The van der Waals surface area contributed by atoms with Crippen LogP contribution in [0.4, 0.5) is 4.39 Å². The molecule has 3 heterocycles. The highest BCUT2D eigenvalue weighted by Gasteiger charge is 2.44. The molecule has 3 heteroatoms. The highest BCUT2D eigenvalue weighted by Crippen LogP contribution is 2.42. The molecule has 2 aliphatic heterocycles. The molecule has 2 saturated heterocycles. The van der Waals surface area contributed by atoms with Crippen molar-refractivity contribution in [2.24, 2.45) is 0 Å². The summed E-state index contributed by atoms with van der Waals surface area (Å²) in [6.45, 7) is 3.63. The molecular weight excluding hydrogens is 251 g/mol. The Morgan fingerprint density at radius 3 is 2.30 bits per heavy atom. The molecule has 2 aliphatic rings. The number of benzene rings is 1. The molecule has 0 amide bonds. The van der Waals surface area contributed by atoms with Crippen molar-refractivity contribution >= 4 is 0 Å². The number of hydrogen-bond acceptors (Lipinski definition) is 2. The minimum Gasteiger partial charge on any atom is -0.302 e. The van der Waals surface area contributed by atoms with E-state index in [1.165, 1.54) is 50.2 Å². The van der Waals surface area contributed by atoms with E-state index in [9.17, 15) is 4.39 Å². The van der Waals surface area contributed by atoms with Gasteiger partial charge >= 0.3 is 0 Å². The second-order valence-electron chi connectivity index (χ2n) is 6.00. The normalized spacial score (nSPS) is 27.9. The van der Waals surface area contributed by atoms with Gasteiger partial charge in [-0.2, -0.15) is 0 Å². The monoisotopic (exact) mass is 268 g/mol. The zero-order chi connectivity index (χ0) is 13.6. The maximum atomic E-state index is 12.9. The predicted molar refractivity (Wildman–Crippen MR) is 77.0 cm³/mol. The van der Waals surface area contributed by atoms with Gasteiger partial charge in [0, 0.05) is 23.7 Å². The maximum absolute atomic E-state index is 12.9. The molecule has 0 radical (unpaired) electrons. The van der Waals surface area contributed by atoms with Crippen molar-refractivity contribution in [3.63, 3.8) is 0 Å². The van der Waals surface area contributed by atoms with Crippen LogP contribution in [0.1, 0.15) is 18.4 Å². The predicted octanol–water partition coefficient (Wildman–Crippen LogP) is 3.23. The molecular formula is C17H17FN2. The fourth-order valence-electron chi connectivity index (χ4n) is 3.60. The first-order chi connectivity index (χ1) is 9.75. The second-order valence-corrected chi connectivity index (χ2v) is 6.00. The third-order valence-corrected chi connectivity index (χ3v) is 4.86. The van der Waals surface area contributed by atoms with Crippen LogP contribution in [-0.4, -0.2) is 29.5 Å². The Kier molecular flexibility index (Phi) is 2.64. The lowest BCUT2D eigenvalue weighted by Gasteiger charge is -2.25. The number of pyridine rings is 1. The van der Waals surface area contributed by atoms with Crippen LogP contribution < -0.4 is 0 Å². The molecule has 1 aromatic heterocycles. The zero-order valence-corrected chi connectivity index (χ0v) is 11.3. The summed E-state index contributed by atoms with van der Waals surface area (Å²) in [7, 11) is 0. The molecule has 0 atom stereocenters. The molecule has 0 unspecified atom stereocenters. The van der Waals surface area contributed by atoms with Gasteiger partial charge in [-0.3, -0.25) is 4.98 Å². The molecule has 2 nitrogen and oxygen atoms in total. The summed E-state index contributed by atoms with van der Waals surface area (Å²) in [6, 6.07) is 10.8. The summed E-state index contributed by atoms with van der Waals surface area (Å²) in [6.07, 6.45) is 4.53. The first-order valence-corrected chi connectivity index (χ1v) is 7.20. The fourth-order valence-corrected chi connectivity index (χ4v) is 3.60. The Labute approximate surface area is 118 Å². The van der Waals surface area contributed by atoms with E-state index >= 15 is 0 Å². The Morgan fingerprint density at radius 1 is 1.00 bits per heavy atom. The molecule has 2 bridgehead atoms. The third-order valence-electron chi connectivity index (χ3n) is 4.86. The highest BCUT2D eigenvalue weighted by molar-refractivity contribution is 5.59. The Balaban J connectivity index is 1.64. The van der Waals surface area contributed by atoms with E-state index in [1.807, 2.05) is 6.20 Å². The lowest BCUT2D eigenvalue weighted by molar-refractivity contribution is 0.364. The average molecular weight is 268 g/mol. The van der Waals surface area contributed by atoms with Gasteiger partial charge in [-0.1, -0.05) is 6.07 Å². The third kappa shape index (κ3) is 1.85. The van der Waals surface area contributed by atoms with Gasteiger partial charge in [0.15, 0.2) is 0 Å². The number of hydrogen-bond donors (Lipinski definition) is 0. The van der Waals surface area contributed by atoms with Crippen molar-refractivity contribution < 1.29 is 4.39 Å². The summed E-state index contributed by atoms with van der Waals surface area (Å²) in [5, 5.41) is 0. The van der Waals surface area contributed by atoms with E-state index in [2.05, 4.69) is 22.0 Å². The number of fused-ring (bicyclic) bond motifs is 2. The van der Waals surface area contributed by atoms with Crippen LogP contribution in [0, 0.1) is 5.82 Å². The van der Waals surface area contributed by atoms with E-state index in [1.54, 1.807) is 12.1 Å². The SMILES string of the molecule is Fc1ccc(-c2ccc(C34CCN(CC3)C4)cn2)cc1. The Bertz CT molecular complexity index is 610. The van der Waals surface area contributed by atoms with Gasteiger partial charge in [-0.25, -0.2) is 4.39 Å². The number of nitrogens with zero attached hydrogens (tertiary/aromatic N) is 2. The summed E-state index contributed by atoms with van der Waals surface area (Å²) >= 11 is 0. The van der Waals surface area contributed by atoms with Crippen molar-refractivity contribution in [1.82, 2.24) is 9.88 Å².